The van der Waals surface area contributed by atoms with Gasteiger partial charge in [0.05, 0.1) is 0 Å². The summed E-state index contributed by atoms with van der Waals surface area (Å²) in [4.78, 5) is 14.6. The molecule has 0 N–H and O–H groups in total. The smallest absolute Gasteiger partial charge is 0.254 e. The van der Waals surface area contributed by atoms with E-state index in [1.807, 2.05) is 24.0 Å². The summed E-state index contributed by atoms with van der Waals surface area (Å²) in [5, 5.41) is 0. The van der Waals surface area contributed by atoms with Gasteiger partial charge in [0.25, 0.3) is 5.91 Å². The number of aryl methyl sites for hydroxylation is 1. The fourth-order valence-electron chi connectivity index (χ4n) is 2.79. The van der Waals surface area contributed by atoms with Gasteiger partial charge in [-0.2, -0.15) is 0 Å². The minimum Gasteiger partial charge on any atom is -0.338 e. The highest BCUT2D eigenvalue weighted by Crippen LogP contribution is 2.23. The van der Waals surface area contributed by atoms with Crippen molar-refractivity contribution in [1.29, 1.82) is 0 Å². The molecule has 1 atom stereocenters. The third-order valence-corrected chi connectivity index (χ3v) is 4.38. The zero-order valence-electron chi connectivity index (χ0n) is 11.8. The molecule has 0 radical (unpaired) electrons. The molecular formula is C16H22ClNO. The number of hydrogen-bond acceptors (Lipinski definition) is 1. The summed E-state index contributed by atoms with van der Waals surface area (Å²) in [7, 11) is 0. The molecule has 2 nitrogen and oxygen atoms in total. The molecular weight excluding hydrogens is 258 g/mol. The average molecular weight is 280 g/mol. The van der Waals surface area contributed by atoms with Crippen LogP contribution in [0.1, 0.15) is 40.7 Å². The molecule has 0 saturated carbocycles. The van der Waals surface area contributed by atoms with Gasteiger partial charge in [0.2, 0.25) is 0 Å². The molecule has 0 aliphatic carbocycles. The van der Waals surface area contributed by atoms with Crippen LogP contribution in [0, 0.1) is 19.8 Å². The lowest BCUT2D eigenvalue weighted by Crippen LogP contribution is -2.40. The molecule has 2 rings (SSSR count). The van der Waals surface area contributed by atoms with Crippen LogP contribution in [0.25, 0.3) is 0 Å². The predicted molar refractivity (Wildman–Crippen MR) is 79.9 cm³/mol. The summed E-state index contributed by atoms with van der Waals surface area (Å²) in [6, 6.07) is 5.96. The van der Waals surface area contributed by atoms with Crippen molar-refractivity contribution < 1.29 is 4.79 Å². The van der Waals surface area contributed by atoms with Gasteiger partial charge in [-0.05, 0) is 56.2 Å². The number of amides is 1. The summed E-state index contributed by atoms with van der Waals surface area (Å²) in [5.74, 6) is 1.44. The van der Waals surface area contributed by atoms with E-state index in [0.717, 1.165) is 37.1 Å². The molecule has 1 aliphatic rings. The number of nitrogens with zero attached hydrogens (tertiary/aromatic N) is 1. The van der Waals surface area contributed by atoms with Crippen LogP contribution in [0.4, 0.5) is 0 Å². The maximum absolute atomic E-state index is 12.6. The Balaban J connectivity index is 2.12. The van der Waals surface area contributed by atoms with Crippen molar-refractivity contribution in [3.05, 3.63) is 34.9 Å². The molecule has 3 heteroatoms. The minimum atomic E-state index is 0.181. The molecule has 1 aliphatic heterocycles. The van der Waals surface area contributed by atoms with Crippen LogP contribution in [-0.2, 0) is 0 Å². The molecule has 0 aromatic heterocycles. The highest BCUT2D eigenvalue weighted by molar-refractivity contribution is 6.17. The van der Waals surface area contributed by atoms with Crippen LogP contribution in [0.15, 0.2) is 18.2 Å². The van der Waals surface area contributed by atoms with Gasteiger partial charge in [-0.3, -0.25) is 4.79 Å². The van der Waals surface area contributed by atoms with Gasteiger partial charge in [-0.15, -0.1) is 11.6 Å². The van der Waals surface area contributed by atoms with Gasteiger partial charge in [-0.25, -0.2) is 0 Å². The van der Waals surface area contributed by atoms with E-state index in [1.165, 1.54) is 12.0 Å². The molecule has 1 unspecified atom stereocenters. The zero-order valence-corrected chi connectivity index (χ0v) is 12.5. The van der Waals surface area contributed by atoms with Gasteiger partial charge in [-0.1, -0.05) is 12.1 Å². The normalized spacial score (nSPS) is 19.5. The van der Waals surface area contributed by atoms with E-state index in [2.05, 4.69) is 13.0 Å². The third-order valence-electron chi connectivity index (χ3n) is 4.16. The van der Waals surface area contributed by atoms with Crippen LogP contribution in [0.2, 0.25) is 0 Å². The molecule has 1 heterocycles. The first-order valence-corrected chi connectivity index (χ1v) is 7.58. The summed E-state index contributed by atoms with van der Waals surface area (Å²) < 4.78 is 0. The summed E-state index contributed by atoms with van der Waals surface area (Å²) in [5.41, 5.74) is 3.14. The standard InChI is InChI=1S/C16H22ClNO/c1-12-5-3-7-15(13(12)2)16(19)18-10-4-6-14(11-18)8-9-17/h3,5,7,14H,4,6,8-11H2,1-2H3. The van der Waals surface area contributed by atoms with Crippen LogP contribution in [0.5, 0.6) is 0 Å². The Labute approximate surface area is 120 Å². The Morgan fingerprint density at radius 1 is 1.42 bits per heavy atom. The van der Waals surface area contributed by atoms with Crippen molar-refractivity contribution in [3.8, 4) is 0 Å². The highest BCUT2D eigenvalue weighted by Gasteiger charge is 2.25. The number of benzene rings is 1. The second-order valence-corrected chi connectivity index (χ2v) is 5.86. The number of hydrogen-bond donors (Lipinski definition) is 0. The largest absolute Gasteiger partial charge is 0.338 e. The number of likely N-dealkylation sites (tertiary alicyclic amines) is 1. The first kappa shape index (κ1) is 14.4. The fourth-order valence-corrected chi connectivity index (χ4v) is 3.10. The molecule has 1 aromatic carbocycles. The topological polar surface area (TPSA) is 20.3 Å². The van der Waals surface area contributed by atoms with Crippen molar-refractivity contribution in [1.82, 2.24) is 4.90 Å². The Kier molecular flexibility index (Phi) is 4.87. The van der Waals surface area contributed by atoms with Crippen molar-refractivity contribution in [2.45, 2.75) is 33.1 Å². The van der Waals surface area contributed by atoms with Crippen LogP contribution in [0.3, 0.4) is 0 Å². The lowest BCUT2D eigenvalue weighted by atomic mass is 9.94. The lowest BCUT2D eigenvalue weighted by molar-refractivity contribution is 0.0671. The Bertz CT molecular complexity index is 456. The molecule has 0 bridgehead atoms. The average Bonchev–Trinajstić information content (AvgIpc) is 2.42. The quantitative estimate of drug-likeness (QED) is 0.771. The minimum absolute atomic E-state index is 0.181. The SMILES string of the molecule is Cc1cccc(C(=O)N2CCCC(CCCl)C2)c1C. The second kappa shape index (κ2) is 6.42. The van der Waals surface area contributed by atoms with E-state index < -0.39 is 0 Å². The van der Waals surface area contributed by atoms with Gasteiger partial charge < -0.3 is 4.90 Å². The van der Waals surface area contributed by atoms with E-state index >= 15 is 0 Å². The Hall–Kier alpha value is -1.02. The summed E-state index contributed by atoms with van der Waals surface area (Å²) >= 11 is 5.82. The van der Waals surface area contributed by atoms with Gasteiger partial charge in [0.15, 0.2) is 0 Å². The van der Waals surface area contributed by atoms with Gasteiger partial charge in [0.1, 0.15) is 0 Å². The molecule has 1 aromatic rings. The van der Waals surface area contributed by atoms with Crippen molar-refractivity contribution in [3.63, 3.8) is 0 Å². The van der Waals surface area contributed by atoms with E-state index in [-0.39, 0.29) is 5.91 Å². The number of piperidine rings is 1. The predicted octanol–water partition coefficient (Wildman–Crippen LogP) is 3.78. The van der Waals surface area contributed by atoms with Crippen LogP contribution < -0.4 is 0 Å². The van der Waals surface area contributed by atoms with Gasteiger partial charge in [0, 0.05) is 24.5 Å². The van der Waals surface area contributed by atoms with Crippen molar-refractivity contribution in [2.24, 2.45) is 5.92 Å². The molecule has 1 saturated heterocycles. The number of carbonyl (C=O) groups excluding carboxylic acids is 1. The number of rotatable bonds is 3. The second-order valence-electron chi connectivity index (χ2n) is 5.48. The summed E-state index contributed by atoms with van der Waals surface area (Å²) in [6.07, 6.45) is 3.31. The monoisotopic (exact) mass is 279 g/mol. The van der Waals surface area contributed by atoms with Crippen molar-refractivity contribution >= 4 is 17.5 Å². The number of alkyl halides is 1. The Morgan fingerprint density at radius 2 is 2.21 bits per heavy atom. The fraction of sp³-hybridized carbons (Fsp3) is 0.562. The highest BCUT2D eigenvalue weighted by atomic mass is 35.5. The Morgan fingerprint density at radius 3 is 2.95 bits per heavy atom. The van der Waals surface area contributed by atoms with E-state index in [4.69, 9.17) is 11.6 Å². The van der Waals surface area contributed by atoms with Crippen LogP contribution >= 0.6 is 11.6 Å². The molecule has 19 heavy (non-hydrogen) atoms. The molecule has 1 fully saturated rings. The first-order valence-electron chi connectivity index (χ1n) is 7.05. The van der Waals surface area contributed by atoms with E-state index in [9.17, 15) is 4.79 Å². The molecule has 0 spiro atoms. The van der Waals surface area contributed by atoms with Crippen LogP contribution in [-0.4, -0.2) is 29.8 Å². The zero-order chi connectivity index (χ0) is 13.8. The van der Waals surface area contributed by atoms with Crippen molar-refractivity contribution in [2.75, 3.05) is 19.0 Å². The van der Waals surface area contributed by atoms with Gasteiger partial charge >= 0.3 is 0 Å². The maximum Gasteiger partial charge on any atom is 0.254 e. The number of halogens is 1. The first-order chi connectivity index (χ1) is 9.13. The third kappa shape index (κ3) is 3.30. The number of carbonyl (C=O) groups is 1. The molecule has 104 valence electrons. The molecule has 1 amide bonds. The lowest BCUT2D eigenvalue weighted by Gasteiger charge is -2.33. The maximum atomic E-state index is 12.6. The van der Waals surface area contributed by atoms with E-state index in [0.29, 0.717) is 11.8 Å². The summed E-state index contributed by atoms with van der Waals surface area (Å²) in [6.45, 7) is 5.82. The van der Waals surface area contributed by atoms with E-state index in [1.54, 1.807) is 0 Å².